The summed E-state index contributed by atoms with van der Waals surface area (Å²) < 4.78 is 13.2. The zero-order valence-corrected chi connectivity index (χ0v) is 17.7. The minimum Gasteiger partial charge on any atom is -0.493 e. The number of nitrogens with zero attached hydrogens (tertiary/aromatic N) is 3. The van der Waals surface area contributed by atoms with E-state index in [2.05, 4.69) is 45.0 Å². The van der Waals surface area contributed by atoms with E-state index in [1.165, 1.54) is 11.1 Å². The summed E-state index contributed by atoms with van der Waals surface area (Å²) in [6.45, 7) is 4.04. The van der Waals surface area contributed by atoms with Gasteiger partial charge in [-0.3, -0.25) is 9.67 Å². The van der Waals surface area contributed by atoms with Crippen molar-refractivity contribution in [3.8, 4) is 11.5 Å². The number of hydrogen-bond donors (Lipinski definition) is 2. The molecule has 158 valence electrons. The monoisotopic (exact) mass is 407 g/mol. The van der Waals surface area contributed by atoms with E-state index in [-0.39, 0.29) is 6.10 Å². The third-order valence-electron chi connectivity index (χ3n) is 4.53. The smallest absolute Gasteiger partial charge is 0.191 e. The SMILES string of the molecule is CN=C(NCc1cccc(Cn2cccn2)c1)NCC(C)Oc1ccccc1OC. The van der Waals surface area contributed by atoms with Crippen molar-refractivity contribution in [1.29, 1.82) is 0 Å². The largest absolute Gasteiger partial charge is 0.493 e. The molecule has 0 aliphatic heterocycles. The van der Waals surface area contributed by atoms with Crippen molar-refractivity contribution in [2.24, 2.45) is 4.99 Å². The van der Waals surface area contributed by atoms with Gasteiger partial charge >= 0.3 is 0 Å². The quantitative estimate of drug-likeness (QED) is 0.421. The molecule has 0 aliphatic carbocycles. The van der Waals surface area contributed by atoms with Gasteiger partial charge in [0.1, 0.15) is 6.10 Å². The van der Waals surface area contributed by atoms with Gasteiger partial charge in [-0.15, -0.1) is 0 Å². The van der Waals surface area contributed by atoms with Crippen LogP contribution in [0.5, 0.6) is 11.5 Å². The first-order valence-corrected chi connectivity index (χ1v) is 9.97. The molecule has 0 aliphatic rings. The highest BCUT2D eigenvalue weighted by Crippen LogP contribution is 2.26. The van der Waals surface area contributed by atoms with Crippen molar-refractivity contribution in [1.82, 2.24) is 20.4 Å². The number of hydrogen-bond acceptors (Lipinski definition) is 4. The lowest BCUT2D eigenvalue weighted by molar-refractivity contribution is 0.213. The van der Waals surface area contributed by atoms with Crippen LogP contribution in [0, 0.1) is 0 Å². The summed E-state index contributed by atoms with van der Waals surface area (Å²) in [5.41, 5.74) is 2.39. The minimum absolute atomic E-state index is 0.0581. The van der Waals surface area contributed by atoms with Gasteiger partial charge in [0.2, 0.25) is 0 Å². The van der Waals surface area contributed by atoms with Gasteiger partial charge in [0.15, 0.2) is 17.5 Å². The Bertz CT molecular complexity index is 940. The highest BCUT2D eigenvalue weighted by atomic mass is 16.5. The van der Waals surface area contributed by atoms with E-state index in [9.17, 15) is 0 Å². The van der Waals surface area contributed by atoms with Crippen molar-refractivity contribution >= 4 is 5.96 Å². The fraction of sp³-hybridized carbons (Fsp3) is 0.304. The fourth-order valence-corrected chi connectivity index (χ4v) is 3.04. The summed E-state index contributed by atoms with van der Waals surface area (Å²) in [6, 6.07) is 18.0. The summed E-state index contributed by atoms with van der Waals surface area (Å²) in [4.78, 5) is 4.30. The zero-order chi connectivity index (χ0) is 21.2. The Kier molecular flexibility index (Phi) is 7.71. The second-order valence-corrected chi connectivity index (χ2v) is 6.91. The molecular weight excluding hydrogens is 378 g/mol. The topological polar surface area (TPSA) is 72.7 Å². The molecular formula is C23H29N5O2. The maximum absolute atomic E-state index is 5.98. The van der Waals surface area contributed by atoms with E-state index in [0.717, 1.165) is 24.0 Å². The standard InChI is InChI=1S/C23H29N5O2/c1-18(30-22-11-5-4-10-21(22)29-3)15-25-23(24-2)26-16-19-8-6-9-20(14-19)17-28-13-7-12-27-28/h4-14,18H,15-17H2,1-3H3,(H2,24,25,26). The van der Waals surface area contributed by atoms with Crippen molar-refractivity contribution in [2.75, 3.05) is 20.7 Å². The van der Waals surface area contributed by atoms with Crippen LogP contribution in [0.1, 0.15) is 18.1 Å². The average molecular weight is 408 g/mol. The summed E-state index contributed by atoms with van der Waals surface area (Å²) >= 11 is 0. The molecule has 1 atom stereocenters. The molecule has 3 aromatic rings. The van der Waals surface area contributed by atoms with Gasteiger partial charge in [0.25, 0.3) is 0 Å². The number of ether oxygens (including phenoxy) is 2. The van der Waals surface area contributed by atoms with E-state index in [1.54, 1.807) is 20.4 Å². The number of benzene rings is 2. The molecule has 1 aromatic heterocycles. The minimum atomic E-state index is -0.0581. The van der Waals surface area contributed by atoms with Gasteiger partial charge in [0, 0.05) is 26.0 Å². The summed E-state index contributed by atoms with van der Waals surface area (Å²) in [5, 5.41) is 10.9. The van der Waals surface area contributed by atoms with Crippen LogP contribution < -0.4 is 20.1 Å². The summed E-state index contributed by atoms with van der Waals surface area (Å²) in [7, 11) is 3.40. The van der Waals surface area contributed by atoms with Crippen LogP contribution in [-0.2, 0) is 13.1 Å². The normalized spacial score (nSPS) is 12.3. The Labute approximate surface area is 177 Å². The van der Waals surface area contributed by atoms with Crippen LogP contribution in [0.15, 0.2) is 72.0 Å². The van der Waals surface area contributed by atoms with Crippen LogP contribution in [0.4, 0.5) is 0 Å². The Morgan fingerprint density at radius 3 is 2.60 bits per heavy atom. The molecule has 2 aromatic carbocycles. The molecule has 2 N–H and O–H groups in total. The lowest BCUT2D eigenvalue weighted by Crippen LogP contribution is -2.41. The van der Waals surface area contributed by atoms with Crippen LogP contribution in [-0.4, -0.2) is 42.5 Å². The van der Waals surface area contributed by atoms with Crippen LogP contribution >= 0.6 is 0 Å². The van der Waals surface area contributed by atoms with Crippen LogP contribution in [0.25, 0.3) is 0 Å². The molecule has 30 heavy (non-hydrogen) atoms. The number of para-hydroxylation sites is 2. The maximum Gasteiger partial charge on any atom is 0.191 e. The Morgan fingerprint density at radius 1 is 1.07 bits per heavy atom. The second kappa shape index (κ2) is 10.9. The van der Waals surface area contributed by atoms with Gasteiger partial charge in [-0.2, -0.15) is 5.10 Å². The van der Waals surface area contributed by atoms with Crippen molar-refractivity contribution in [2.45, 2.75) is 26.1 Å². The molecule has 7 heteroatoms. The van der Waals surface area contributed by atoms with Gasteiger partial charge < -0.3 is 20.1 Å². The van der Waals surface area contributed by atoms with Gasteiger partial charge in [-0.25, -0.2) is 0 Å². The Balaban J connectivity index is 1.48. The number of aromatic nitrogens is 2. The predicted octanol–water partition coefficient (Wildman–Crippen LogP) is 3.07. The van der Waals surface area contributed by atoms with Crippen molar-refractivity contribution in [3.63, 3.8) is 0 Å². The molecule has 0 saturated heterocycles. The van der Waals surface area contributed by atoms with E-state index in [4.69, 9.17) is 9.47 Å². The van der Waals surface area contributed by atoms with E-state index >= 15 is 0 Å². The third kappa shape index (κ3) is 6.27. The van der Waals surface area contributed by atoms with Gasteiger partial charge in [-0.1, -0.05) is 36.4 Å². The van der Waals surface area contributed by atoms with Crippen molar-refractivity contribution < 1.29 is 9.47 Å². The first-order valence-electron chi connectivity index (χ1n) is 9.97. The van der Waals surface area contributed by atoms with E-state index in [1.807, 2.05) is 48.1 Å². The molecule has 3 rings (SSSR count). The summed E-state index contributed by atoms with van der Waals surface area (Å²) in [6.07, 6.45) is 3.70. The highest BCUT2D eigenvalue weighted by Gasteiger charge is 2.09. The highest BCUT2D eigenvalue weighted by molar-refractivity contribution is 5.79. The van der Waals surface area contributed by atoms with E-state index in [0.29, 0.717) is 13.1 Å². The third-order valence-corrected chi connectivity index (χ3v) is 4.53. The number of aliphatic imine (C=N–C) groups is 1. The van der Waals surface area contributed by atoms with Crippen LogP contribution in [0.3, 0.4) is 0 Å². The Hall–Kier alpha value is -3.48. The molecule has 0 amide bonds. The Morgan fingerprint density at radius 2 is 1.87 bits per heavy atom. The molecule has 1 unspecified atom stereocenters. The summed E-state index contributed by atoms with van der Waals surface area (Å²) in [5.74, 6) is 2.18. The zero-order valence-electron chi connectivity index (χ0n) is 17.7. The lowest BCUT2D eigenvalue weighted by Gasteiger charge is -2.19. The number of rotatable bonds is 9. The molecule has 0 bridgehead atoms. The average Bonchev–Trinajstić information content (AvgIpc) is 3.27. The second-order valence-electron chi connectivity index (χ2n) is 6.91. The van der Waals surface area contributed by atoms with Gasteiger partial charge in [-0.05, 0) is 36.2 Å². The number of methoxy groups -OCH3 is 1. The molecule has 0 radical (unpaired) electrons. The molecule has 0 fully saturated rings. The molecule has 1 heterocycles. The number of guanidine groups is 1. The molecule has 0 spiro atoms. The fourth-order valence-electron chi connectivity index (χ4n) is 3.04. The molecule has 0 saturated carbocycles. The maximum atomic E-state index is 5.98. The van der Waals surface area contributed by atoms with Gasteiger partial charge in [0.05, 0.1) is 20.2 Å². The van der Waals surface area contributed by atoms with E-state index < -0.39 is 0 Å². The first kappa shape index (κ1) is 21.2. The number of nitrogens with one attached hydrogen (secondary N) is 2. The first-order chi connectivity index (χ1) is 14.7. The predicted molar refractivity (Wildman–Crippen MR) is 119 cm³/mol. The van der Waals surface area contributed by atoms with Crippen molar-refractivity contribution in [3.05, 3.63) is 78.1 Å². The van der Waals surface area contributed by atoms with Crippen LogP contribution in [0.2, 0.25) is 0 Å². The molecule has 7 nitrogen and oxygen atoms in total. The lowest BCUT2D eigenvalue weighted by atomic mass is 10.1.